The van der Waals surface area contributed by atoms with Gasteiger partial charge in [-0.25, -0.2) is 0 Å². The zero-order chi connectivity index (χ0) is 32.1. The van der Waals surface area contributed by atoms with E-state index in [9.17, 15) is 0 Å². The second kappa shape index (κ2) is 18.0. The van der Waals surface area contributed by atoms with Crippen LogP contribution >= 0.6 is 0 Å². The van der Waals surface area contributed by atoms with E-state index in [1.807, 2.05) is 109 Å². The average Bonchev–Trinajstić information content (AvgIpc) is 3.35. The van der Waals surface area contributed by atoms with Crippen molar-refractivity contribution >= 4 is 16.6 Å². The van der Waals surface area contributed by atoms with Gasteiger partial charge in [-0.15, -0.1) is 42.1 Å². The molecule has 6 rings (SSSR count). The molecule has 0 radical (unpaired) electrons. The van der Waals surface area contributed by atoms with Crippen LogP contribution in [0.25, 0.3) is 16.2 Å². The van der Waals surface area contributed by atoms with Crippen LogP contribution in [0.2, 0.25) is 0 Å². The molecule has 0 N–H and O–H groups in total. The van der Waals surface area contributed by atoms with E-state index in [-0.39, 0.29) is 31.4 Å². The maximum absolute atomic E-state index is 5.09. The molecule has 0 spiro atoms. The van der Waals surface area contributed by atoms with Gasteiger partial charge in [0.25, 0.3) is 0 Å². The smallest absolute Gasteiger partial charge is 0.0681 e. The van der Waals surface area contributed by atoms with Crippen molar-refractivity contribution in [1.29, 1.82) is 0 Å². The first-order valence-electron chi connectivity index (χ1n) is 14.8. The summed E-state index contributed by atoms with van der Waals surface area (Å²) in [4.78, 5) is 0. The number of benzene rings is 5. The standard InChI is InChI=1S/C20H24N3.3C7H7.Hf/c1-13-11-14(2)18(15(3)12-13)21-20(4,5)19-16-9-7-8-10-17(16)23(6)22-19;3*1-7-5-3-2-4-6-7;/h7-12H,1-6H3;3*2-6H,1H2;/q4*-1;. The minimum absolute atomic E-state index is 0. The summed E-state index contributed by atoms with van der Waals surface area (Å²) in [5.74, 6) is 0. The molecule has 4 heteroatoms. The Bertz CT molecular complexity index is 1590. The number of rotatable bonds is 3. The van der Waals surface area contributed by atoms with Crippen molar-refractivity contribution in [3.8, 4) is 0 Å². The molecule has 0 bridgehead atoms. The van der Waals surface area contributed by atoms with Crippen molar-refractivity contribution in [2.75, 3.05) is 0 Å². The van der Waals surface area contributed by atoms with Crippen LogP contribution in [0.15, 0.2) is 127 Å². The molecule has 0 aliphatic rings. The van der Waals surface area contributed by atoms with Crippen molar-refractivity contribution in [1.82, 2.24) is 9.78 Å². The summed E-state index contributed by atoms with van der Waals surface area (Å²) in [7, 11) is 1.99. The molecule has 0 unspecified atom stereocenters. The summed E-state index contributed by atoms with van der Waals surface area (Å²) in [5.41, 5.74) is 9.79. The first-order valence-corrected chi connectivity index (χ1v) is 14.8. The van der Waals surface area contributed by atoms with E-state index in [4.69, 9.17) is 10.4 Å². The Morgan fingerprint density at radius 2 is 0.978 bits per heavy atom. The predicted molar refractivity (Wildman–Crippen MR) is 190 cm³/mol. The number of hydrogen-bond donors (Lipinski definition) is 0. The zero-order valence-corrected chi connectivity index (χ0v) is 31.2. The quantitative estimate of drug-likeness (QED) is 0.131. The average molecular weight is 758 g/mol. The molecule has 232 valence electrons. The fourth-order valence-electron chi connectivity index (χ4n) is 4.78. The molecule has 1 aromatic heterocycles. The third kappa shape index (κ3) is 11.7. The number of hydrogen-bond acceptors (Lipinski definition) is 1. The van der Waals surface area contributed by atoms with Crippen LogP contribution in [0, 0.1) is 41.5 Å². The van der Waals surface area contributed by atoms with E-state index in [0.717, 1.165) is 33.6 Å². The second-order valence-electron chi connectivity index (χ2n) is 11.4. The minimum atomic E-state index is -0.383. The van der Waals surface area contributed by atoms with Crippen LogP contribution in [-0.4, -0.2) is 9.78 Å². The van der Waals surface area contributed by atoms with Gasteiger partial charge < -0.3 is 5.32 Å². The maximum Gasteiger partial charge on any atom is 0.0681 e. The molecule has 0 fully saturated rings. The number of aromatic nitrogens is 2. The third-order valence-corrected chi connectivity index (χ3v) is 6.89. The first-order chi connectivity index (χ1) is 21.0. The van der Waals surface area contributed by atoms with Gasteiger partial charge in [-0.3, -0.25) is 4.68 Å². The van der Waals surface area contributed by atoms with Crippen LogP contribution < -0.4 is 0 Å². The Morgan fingerprint density at radius 1 is 0.600 bits per heavy atom. The summed E-state index contributed by atoms with van der Waals surface area (Å²) in [6.07, 6.45) is 0. The molecule has 45 heavy (non-hydrogen) atoms. The Balaban J connectivity index is 0.000000259. The molecule has 0 amide bonds. The summed E-state index contributed by atoms with van der Waals surface area (Å²) < 4.78 is 1.94. The van der Waals surface area contributed by atoms with Gasteiger partial charge in [-0.1, -0.05) is 84.6 Å². The van der Waals surface area contributed by atoms with Crippen LogP contribution in [0.3, 0.4) is 0 Å². The van der Waals surface area contributed by atoms with Crippen molar-refractivity contribution in [3.63, 3.8) is 0 Å². The normalized spacial score (nSPS) is 10.1. The van der Waals surface area contributed by atoms with E-state index < -0.39 is 0 Å². The van der Waals surface area contributed by atoms with Crippen molar-refractivity contribution in [3.05, 3.63) is 193 Å². The molecule has 1 heterocycles. The predicted octanol–water partition coefficient (Wildman–Crippen LogP) is 11.0. The minimum Gasteiger partial charge on any atom is -0.674 e. The third-order valence-electron chi connectivity index (χ3n) is 6.89. The maximum atomic E-state index is 5.09. The monoisotopic (exact) mass is 759 g/mol. The van der Waals surface area contributed by atoms with Crippen LogP contribution in [-0.2, 0) is 38.4 Å². The van der Waals surface area contributed by atoms with Gasteiger partial charge in [-0.2, -0.15) is 79.0 Å². The van der Waals surface area contributed by atoms with Crippen molar-refractivity contribution in [2.45, 2.75) is 40.2 Å². The zero-order valence-electron chi connectivity index (χ0n) is 27.6. The molecule has 0 saturated heterocycles. The van der Waals surface area contributed by atoms with E-state index >= 15 is 0 Å². The second-order valence-corrected chi connectivity index (χ2v) is 11.4. The van der Waals surface area contributed by atoms with E-state index in [1.54, 1.807) is 0 Å². The molecule has 0 atom stereocenters. The van der Waals surface area contributed by atoms with E-state index in [2.05, 4.69) is 85.7 Å². The van der Waals surface area contributed by atoms with Gasteiger partial charge in [-0.05, 0) is 26.8 Å². The van der Waals surface area contributed by atoms with Gasteiger partial charge in [0, 0.05) is 38.3 Å². The molecule has 3 nitrogen and oxygen atoms in total. The molecule has 0 aliphatic carbocycles. The molecular weight excluding hydrogens is 713 g/mol. The van der Waals surface area contributed by atoms with Crippen molar-refractivity contribution < 1.29 is 25.8 Å². The van der Waals surface area contributed by atoms with Crippen LogP contribution in [0.1, 0.15) is 52.9 Å². The summed E-state index contributed by atoms with van der Waals surface area (Å²) in [6, 6.07) is 42.3. The number of nitrogens with zero attached hydrogens (tertiary/aromatic N) is 3. The van der Waals surface area contributed by atoms with Gasteiger partial charge in [0.1, 0.15) is 0 Å². The van der Waals surface area contributed by atoms with E-state index in [1.165, 1.54) is 22.1 Å². The molecular formula is C41H45HfN3-4. The largest absolute Gasteiger partial charge is 0.674 e. The van der Waals surface area contributed by atoms with Crippen LogP contribution in [0.4, 0.5) is 5.69 Å². The van der Waals surface area contributed by atoms with E-state index in [0.29, 0.717) is 0 Å². The van der Waals surface area contributed by atoms with Crippen LogP contribution in [0.5, 0.6) is 0 Å². The molecule has 0 aliphatic heterocycles. The summed E-state index contributed by atoms with van der Waals surface area (Å²) in [5, 5.41) is 11.0. The Morgan fingerprint density at radius 3 is 1.36 bits per heavy atom. The van der Waals surface area contributed by atoms with Gasteiger partial charge in [0.2, 0.25) is 0 Å². The summed E-state index contributed by atoms with van der Waals surface area (Å²) >= 11 is 0. The van der Waals surface area contributed by atoms with Gasteiger partial charge in [0.15, 0.2) is 0 Å². The molecule has 6 aromatic rings. The Kier molecular flexibility index (Phi) is 14.8. The molecule has 5 aromatic carbocycles. The first kappa shape index (κ1) is 37.0. The topological polar surface area (TPSA) is 31.9 Å². The number of fused-ring (bicyclic) bond motifs is 1. The SMILES string of the molecule is Cc1cc(C)c([N-]C(C)(C)c2nn(C)c3ccccc23)c(C)c1.[CH2-]c1ccccc1.[CH2-]c1ccccc1.[CH2-]c1ccccc1.[Hf]. The fourth-order valence-corrected chi connectivity index (χ4v) is 4.78. The van der Waals surface area contributed by atoms with Crippen molar-refractivity contribution in [2.24, 2.45) is 7.05 Å². The Hall–Kier alpha value is -4.15. The summed E-state index contributed by atoms with van der Waals surface area (Å²) in [6.45, 7) is 21.8. The number of aryl methyl sites for hydroxylation is 4. The molecule has 0 saturated carbocycles. The fraction of sp³-hybridized carbons (Fsp3) is 0.171. The van der Waals surface area contributed by atoms with Gasteiger partial charge in [0.05, 0.1) is 11.2 Å². The van der Waals surface area contributed by atoms with Gasteiger partial charge >= 0.3 is 0 Å². The Labute approximate surface area is 290 Å². The number of para-hydroxylation sites is 1.